The minimum atomic E-state index is 0.253. The molecule has 1 aromatic carbocycles. The maximum atomic E-state index is 6.10. The van der Waals surface area contributed by atoms with Crippen molar-refractivity contribution in [1.29, 1.82) is 0 Å². The third kappa shape index (κ3) is 2.13. The Morgan fingerprint density at radius 3 is 2.40 bits per heavy atom. The molecule has 0 radical (unpaired) electrons. The summed E-state index contributed by atoms with van der Waals surface area (Å²) >= 11 is 0. The summed E-state index contributed by atoms with van der Waals surface area (Å²) in [5.41, 5.74) is 7.41. The van der Waals surface area contributed by atoms with Crippen LogP contribution in [-0.2, 0) is 0 Å². The molecule has 2 atom stereocenters. The first-order valence-electron chi connectivity index (χ1n) is 5.29. The van der Waals surface area contributed by atoms with Gasteiger partial charge in [0.1, 0.15) is 5.75 Å². The zero-order chi connectivity index (χ0) is 10.8. The van der Waals surface area contributed by atoms with Crippen LogP contribution in [0.1, 0.15) is 11.5 Å². The molecule has 0 bridgehead atoms. The summed E-state index contributed by atoms with van der Waals surface area (Å²) in [7, 11) is 3.80. The van der Waals surface area contributed by atoms with E-state index in [1.165, 1.54) is 5.56 Å². The van der Waals surface area contributed by atoms with Crippen molar-refractivity contribution in [2.75, 3.05) is 27.2 Å². The minimum Gasteiger partial charge on any atom is -0.497 e. The van der Waals surface area contributed by atoms with Gasteiger partial charge in [-0.2, -0.15) is 0 Å². The van der Waals surface area contributed by atoms with Gasteiger partial charge in [0.2, 0.25) is 0 Å². The fraction of sp³-hybridized carbons (Fsp3) is 0.500. The first-order valence-corrected chi connectivity index (χ1v) is 5.29. The van der Waals surface area contributed by atoms with Crippen LogP contribution in [0.4, 0.5) is 0 Å². The Morgan fingerprint density at radius 2 is 1.93 bits per heavy atom. The Balaban J connectivity index is 2.15. The molecule has 0 aromatic heterocycles. The zero-order valence-electron chi connectivity index (χ0n) is 9.31. The lowest BCUT2D eigenvalue weighted by molar-refractivity contribution is 0.407. The van der Waals surface area contributed by atoms with Crippen molar-refractivity contribution in [2.24, 2.45) is 5.73 Å². The van der Waals surface area contributed by atoms with Gasteiger partial charge in [0.05, 0.1) is 7.11 Å². The lowest BCUT2D eigenvalue weighted by Gasteiger charge is -2.14. The Labute approximate surface area is 90.8 Å². The highest BCUT2D eigenvalue weighted by molar-refractivity contribution is 5.31. The van der Waals surface area contributed by atoms with Gasteiger partial charge in [0.15, 0.2) is 0 Å². The second kappa shape index (κ2) is 4.21. The van der Waals surface area contributed by atoms with Crippen LogP contribution in [0.25, 0.3) is 0 Å². The molecule has 2 rings (SSSR count). The Bertz CT molecular complexity index is 323. The monoisotopic (exact) mass is 206 g/mol. The number of rotatable bonds is 2. The lowest BCUT2D eigenvalue weighted by Crippen LogP contribution is -2.27. The minimum absolute atomic E-state index is 0.253. The summed E-state index contributed by atoms with van der Waals surface area (Å²) in [6.07, 6.45) is 0. The van der Waals surface area contributed by atoms with Gasteiger partial charge in [0.25, 0.3) is 0 Å². The molecule has 82 valence electrons. The summed E-state index contributed by atoms with van der Waals surface area (Å²) in [6.45, 7) is 2.03. The number of nitrogens with two attached hydrogens (primary N) is 1. The first kappa shape index (κ1) is 10.5. The maximum absolute atomic E-state index is 6.10. The summed E-state index contributed by atoms with van der Waals surface area (Å²) in [4.78, 5) is 2.28. The van der Waals surface area contributed by atoms with Gasteiger partial charge >= 0.3 is 0 Å². The van der Waals surface area contributed by atoms with E-state index in [4.69, 9.17) is 10.5 Å². The first-order chi connectivity index (χ1) is 7.20. The lowest BCUT2D eigenvalue weighted by atomic mass is 9.95. The van der Waals surface area contributed by atoms with Crippen LogP contribution in [0, 0.1) is 0 Å². The van der Waals surface area contributed by atoms with E-state index in [1.807, 2.05) is 12.1 Å². The molecule has 1 fully saturated rings. The van der Waals surface area contributed by atoms with Gasteiger partial charge in [-0.15, -0.1) is 0 Å². The molecule has 1 heterocycles. The van der Waals surface area contributed by atoms with Crippen LogP contribution in [0.2, 0.25) is 0 Å². The number of hydrogen-bond donors (Lipinski definition) is 1. The normalized spacial score (nSPS) is 26.9. The molecule has 2 N–H and O–H groups in total. The van der Waals surface area contributed by atoms with E-state index in [9.17, 15) is 0 Å². The van der Waals surface area contributed by atoms with Crippen molar-refractivity contribution in [3.63, 3.8) is 0 Å². The number of nitrogens with zero attached hydrogens (tertiary/aromatic N) is 1. The third-order valence-electron chi connectivity index (χ3n) is 3.09. The second-order valence-corrected chi connectivity index (χ2v) is 4.26. The van der Waals surface area contributed by atoms with E-state index in [1.54, 1.807) is 7.11 Å². The number of benzene rings is 1. The average Bonchev–Trinajstić information content (AvgIpc) is 2.58. The molecule has 1 aromatic rings. The van der Waals surface area contributed by atoms with E-state index in [-0.39, 0.29) is 6.04 Å². The van der Waals surface area contributed by atoms with Crippen LogP contribution in [0.3, 0.4) is 0 Å². The number of ether oxygens (including phenoxy) is 1. The summed E-state index contributed by atoms with van der Waals surface area (Å²) in [5.74, 6) is 1.36. The second-order valence-electron chi connectivity index (χ2n) is 4.26. The van der Waals surface area contributed by atoms with Crippen molar-refractivity contribution in [3.8, 4) is 5.75 Å². The highest BCUT2D eigenvalue weighted by Crippen LogP contribution is 2.26. The molecule has 3 nitrogen and oxygen atoms in total. The van der Waals surface area contributed by atoms with Crippen LogP contribution < -0.4 is 10.5 Å². The Kier molecular flexibility index (Phi) is 2.93. The van der Waals surface area contributed by atoms with Crippen molar-refractivity contribution in [1.82, 2.24) is 4.90 Å². The van der Waals surface area contributed by atoms with E-state index >= 15 is 0 Å². The van der Waals surface area contributed by atoms with E-state index in [0.29, 0.717) is 5.92 Å². The van der Waals surface area contributed by atoms with Gasteiger partial charge in [0, 0.05) is 25.0 Å². The molecule has 0 amide bonds. The molecule has 15 heavy (non-hydrogen) atoms. The van der Waals surface area contributed by atoms with Crippen molar-refractivity contribution in [3.05, 3.63) is 29.8 Å². The maximum Gasteiger partial charge on any atom is 0.118 e. The third-order valence-corrected chi connectivity index (χ3v) is 3.09. The molecule has 1 saturated heterocycles. The quantitative estimate of drug-likeness (QED) is 0.786. The zero-order valence-corrected chi connectivity index (χ0v) is 9.31. The molecule has 1 aliphatic rings. The largest absolute Gasteiger partial charge is 0.497 e. The topological polar surface area (TPSA) is 38.5 Å². The summed E-state index contributed by atoms with van der Waals surface area (Å²) < 4.78 is 5.14. The number of likely N-dealkylation sites (N-methyl/N-ethyl adjacent to an activating group) is 1. The van der Waals surface area contributed by atoms with Crippen molar-refractivity contribution >= 4 is 0 Å². The van der Waals surface area contributed by atoms with Gasteiger partial charge in [-0.3, -0.25) is 0 Å². The molecule has 3 heteroatoms. The van der Waals surface area contributed by atoms with Gasteiger partial charge in [-0.1, -0.05) is 12.1 Å². The van der Waals surface area contributed by atoms with E-state index in [0.717, 1.165) is 18.8 Å². The molecule has 0 unspecified atom stereocenters. The van der Waals surface area contributed by atoms with E-state index in [2.05, 4.69) is 24.1 Å². The van der Waals surface area contributed by atoms with Crippen LogP contribution in [0.5, 0.6) is 5.75 Å². The molecular formula is C12H18N2O. The summed E-state index contributed by atoms with van der Waals surface area (Å²) in [6, 6.07) is 8.48. The molecule has 1 aliphatic heterocycles. The van der Waals surface area contributed by atoms with Gasteiger partial charge in [-0.05, 0) is 24.7 Å². The number of likely N-dealkylation sites (tertiary alicyclic amines) is 1. The highest BCUT2D eigenvalue weighted by atomic mass is 16.5. The smallest absolute Gasteiger partial charge is 0.118 e. The van der Waals surface area contributed by atoms with Gasteiger partial charge < -0.3 is 15.4 Å². The standard InChI is InChI=1S/C12H18N2O/c1-14-7-11(12(13)8-14)9-3-5-10(15-2)6-4-9/h3-6,11-12H,7-8,13H2,1-2H3/t11-,12+/m1/s1. The van der Waals surface area contributed by atoms with Crippen LogP contribution in [-0.4, -0.2) is 38.2 Å². The SMILES string of the molecule is COc1ccc([C@H]2CN(C)C[C@@H]2N)cc1. The van der Waals surface area contributed by atoms with Crippen molar-refractivity contribution < 1.29 is 4.74 Å². The molecule has 0 aliphatic carbocycles. The fourth-order valence-corrected chi connectivity index (χ4v) is 2.24. The van der Waals surface area contributed by atoms with Crippen LogP contribution in [0.15, 0.2) is 24.3 Å². The van der Waals surface area contributed by atoms with Crippen LogP contribution >= 0.6 is 0 Å². The molecule has 0 spiro atoms. The van der Waals surface area contributed by atoms with Gasteiger partial charge in [-0.25, -0.2) is 0 Å². The van der Waals surface area contributed by atoms with Crippen molar-refractivity contribution in [2.45, 2.75) is 12.0 Å². The Hall–Kier alpha value is -1.06. The Morgan fingerprint density at radius 1 is 1.27 bits per heavy atom. The molecule has 0 saturated carbocycles. The predicted octanol–water partition coefficient (Wildman–Crippen LogP) is 1.05. The fourth-order valence-electron chi connectivity index (χ4n) is 2.24. The highest BCUT2D eigenvalue weighted by Gasteiger charge is 2.28. The predicted molar refractivity (Wildman–Crippen MR) is 61.2 cm³/mol. The van der Waals surface area contributed by atoms with E-state index < -0.39 is 0 Å². The molecular weight excluding hydrogens is 188 g/mol. The number of methoxy groups -OCH3 is 1. The number of hydrogen-bond acceptors (Lipinski definition) is 3. The summed E-state index contributed by atoms with van der Waals surface area (Å²) in [5, 5.41) is 0. The average molecular weight is 206 g/mol.